The predicted molar refractivity (Wildman–Crippen MR) is 76.1 cm³/mol. The lowest BCUT2D eigenvalue weighted by Crippen LogP contribution is -2.21. The molecule has 104 valence electrons. The summed E-state index contributed by atoms with van der Waals surface area (Å²) in [6.45, 7) is 1.56. The van der Waals surface area contributed by atoms with E-state index in [0.29, 0.717) is 22.7 Å². The molecule has 0 spiro atoms. The predicted octanol–water partition coefficient (Wildman–Crippen LogP) is 2.73. The average Bonchev–Trinajstić information content (AvgIpc) is 2.41. The van der Waals surface area contributed by atoms with Gasteiger partial charge in [0, 0.05) is 5.69 Å². The number of benzene rings is 2. The first-order chi connectivity index (χ1) is 9.56. The molecule has 2 rings (SSSR count). The van der Waals surface area contributed by atoms with Crippen LogP contribution >= 0.6 is 0 Å². The molecule has 20 heavy (non-hydrogen) atoms. The molecule has 0 radical (unpaired) electrons. The van der Waals surface area contributed by atoms with Crippen molar-refractivity contribution < 1.29 is 13.9 Å². The molecule has 2 aromatic carbocycles. The summed E-state index contributed by atoms with van der Waals surface area (Å²) in [4.78, 5) is 11.8. The number of carbonyl (C=O) groups excluding carboxylic acids is 1. The number of amides is 1. The van der Waals surface area contributed by atoms with Crippen molar-refractivity contribution in [2.24, 2.45) is 0 Å². The zero-order valence-electron chi connectivity index (χ0n) is 11.0. The van der Waals surface area contributed by atoms with Gasteiger partial charge in [0.05, 0.1) is 5.69 Å². The third-order valence-electron chi connectivity index (χ3n) is 2.74. The van der Waals surface area contributed by atoms with Gasteiger partial charge in [0.15, 0.2) is 6.61 Å². The number of anilines is 2. The first-order valence-electron chi connectivity index (χ1n) is 6.09. The number of para-hydroxylation sites is 2. The largest absolute Gasteiger partial charge is 0.482 e. The Morgan fingerprint density at radius 2 is 2.05 bits per heavy atom. The fourth-order valence-corrected chi connectivity index (χ4v) is 1.71. The van der Waals surface area contributed by atoms with E-state index in [1.807, 2.05) is 0 Å². The third-order valence-corrected chi connectivity index (χ3v) is 2.74. The lowest BCUT2D eigenvalue weighted by molar-refractivity contribution is -0.118. The van der Waals surface area contributed by atoms with Crippen molar-refractivity contribution in [3.05, 3.63) is 53.8 Å². The van der Waals surface area contributed by atoms with Gasteiger partial charge in [0.25, 0.3) is 5.91 Å². The number of aryl methyl sites for hydroxylation is 1. The molecule has 0 unspecified atom stereocenters. The Labute approximate surface area is 116 Å². The maximum absolute atomic E-state index is 12.9. The number of hydrogen-bond acceptors (Lipinski definition) is 3. The number of halogens is 1. The Morgan fingerprint density at radius 3 is 2.75 bits per heavy atom. The monoisotopic (exact) mass is 274 g/mol. The summed E-state index contributed by atoms with van der Waals surface area (Å²) in [7, 11) is 0. The minimum absolute atomic E-state index is 0.162. The molecule has 5 heteroatoms. The standard InChI is InChI=1S/C15H15FN2O2/c1-10-8-11(16)6-7-13(10)18-15(19)9-20-14-5-3-2-4-12(14)17/h2-8H,9,17H2,1H3,(H,18,19). The van der Waals surface area contributed by atoms with Crippen LogP contribution in [0.15, 0.2) is 42.5 Å². The van der Waals surface area contributed by atoms with Gasteiger partial charge in [-0.3, -0.25) is 4.79 Å². The summed E-state index contributed by atoms with van der Waals surface area (Å²) in [5.74, 6) is -0.213. The van der Waals surface area contributed by atoms with Crippen LogP contribution in [0.2, 0.25) is 0 Å². The van der Waals surface area contributed by atoms with Crippen LogP contribution < -0.4 is 15.8 Å². The number of carbonyl (C=O) groups is 1. The Bertz CT molecular complexity index is 629. The highest BCUT2D eigenvalue weighted by molar-refractivity contribution is 5.92. The molecule has 0 heterocycles. The quantitative estimate of drug-likeness (QED) is 0.842. The number of nitrogen functional groups attached to an aromatic ring is 1. The lowest BCUT2D eigenvalue weighted by atomic mass is 10.2. The van der Waals surface area contributed by atoms with Gasteiger partial charge in [0.1, 0.15) is 11.6 Å². The Balaban J connectivity index is 1.94. The van der Waals surface area contributed by atoms with Crippen molar-refractivity contribution in [1.82, 2.24) is 0 Å². The van der Waals surface area contributed by atoms with Crippen LogP contribution in [0.5, 0.6) is 5.75 Å². The summed E-state index contributed by atoms with van der Waals surface area (Å²) < 4.78 is 18.3. The molecule has 0 aliphatic heterocycles. The number of nitrogens with one attached hydrogen (secondary N) is 1. The van der Waals surface area contributed by atoms with E-state index in [2.05, 4.69) is 5.32 Å². The second kappa shape index (κ2) is 6.06. The molecule has 0 aliphatic carbocycles. The van der Waals surface area contributed by atoms with E-state index in [-0.39, 0.29) is 18.3 Å². The molecular formula is C15H15FN2O2. The van der Waals surface area contributed by atoms with Gasteiger partial charge in [-0.15, -0.1) is 0 Å². The molecule has 2 aromatic rings. The zero-order chi connectivity index (χ0) is 14.5. The maximum Gasteiger partial charge on any atom is 0.262 e. The second-order valence-electron chi connectivity index (χ2n) is 4.33. The molecule has 0 aliphatic rings. The minimum atomic E-state index is -0.339. The topological polar surface area (TPSA) is 64.3 Å². The summed E-state index contributed by atoms with van der Waals surface area (Å²) in [6, 6.07) is 11.1. The van der Waals surface area contributed by atoms with E-state index < -0.39 is 0 Å². The van der Waals surface area contributed by atoms with Crippen molar-refractivity contribution in [3.63, 3.8) is 0 Å². The van der Waals surface area contributed by atoms with Gasteiger partial charge in [0.2, 0.25) is 0 Å². The van der Waals surface area contributed by atoms with Crippen LogP contribution in [-0.4, -0.2) is 12.5 Å². The van der Waals surface area contributed by atoms with E-state index in [1.165, 1.54) is 18.2 Å². The summed E-state index contributed by atoms with van der Waals surface area (Å²) >= 11 is 0. The molecule has 0 aromatic heterocycles. The smallest absolute Gasteiger partial charge is 0.262 e. The van der Waals surface area contributed by atoms with Gasteiger partial charge in [-0.05, 0) is 42.8 Å². The van der Waals surface area contributed by atoms with Crippen molar-refractivity contribution in [1.29, 1.82) is 0 Å². The highest BCUT2D eigenvalue weighted by Crippen LogP contribution is 2.20. The molecule has 1 amide bonds. The van der Waals surface area contributed by atoms with Gasteiger partial charge in [-0.2, -0.15) is 0 Å². The highest BCUT2D eigenvalue weighted by Gasteiger charge is 2.07. The third kappa shape index (κ3) is 3.47. The molecular weight excluding hydrogens is 259 g/mol. The van der Waals surface area contributed by atoms with Crippen molar-refractivity contribution in [2.45, 2.75) is 6.92 Å². The van der Waals surface area contributed by atoms with E-state index in [0.717, 1.165) is 0 Å². The highest BCUT2D eigenvalue weighted by atomic mass is 19.1. The lowest BCUT2D eigenvalue weighted by Gasteiger charge is -2.10. The number of nitrogens with two attached hydrogens (primary N) is 1. The van der Waals surface area contributed by atoms with Crippen LogP contribution in [0.25, 0.3) is 0 Å². The normalized spacial score (nSPS) is 10.1. The second-order valence-corrected chi connectivity index (χ2v) is 4.33. The minimum Gasteiger partial charge on any atom is -0.482 e. The molecule has 0 saturated heterocycles. The average molecular weight is 274 g/mol. The first kappa shape index (κ1) is 13.9. The summed E-state index contributed by atoms with van der Waals surface area (Å²) in [5, 5.41) is 2.66. The Kier molecular flexibility index (Phi) is 4.20. The molecule has 0 fully saturated rings. The van der Waals surface area contributed by atoms with Crippen molar-refractivity contribution in [2.75, 3.05) is 17.7 Å². The van der Waals surface area contributed by atoms with Crippen LogP contribution in [0, 0.1) is 12.7 Å². The fraction of sp³-hybridized carbons (Fsp3) is 0.133. The van der Waals surface area contributed by atoms with Gasteiger partial charge >= 0.3 is 0 Å². The number of ether oxygens (including phenoxy) is 1. The van der Waals surface area contributed by atoms with E-state index in [9.17, 15) is 9.18 Å². The van der Waals surface area contributed by atoms with E-state index in [4.69, 9.17) is 10.5 Å². The first-order valence-corrected chi connectivity index (χ1v) is 6.09. The Hall–Kier alpha value is -2.56. The number of hydrogen-bond donors (Lipinski definition) is 2. The zero-order valence-corrected chi connectivity index (χ0v) is 11.0. The van der Waals surface area contributed by atoms with Crippen LogP contribution in [0.4, 0.5) is 15.8 Å². The summed E-state index contributed by atoms with van der Waals surface area (Å²) in [5.41, 5.74) is 7.38. The van der Waals surface area contributed by atoms with Crippen LogP contribution in [0.3, 0.4) is 0 Å². The van der Waals surface area contributed by atoms with E-state index in [1.54, 1.807) is 31.2 Å². The Morgan fingerprint density at radius 1 is 1.30 bits per heavy atom. The van der Waals surface area contributed by atoms with Crippen molar-refractivity contribution >= 4 is 17.3 Å². The SMILES string of the molecule is Cc1cc(F)ccc1NC(=O)COc1ccccc1N. The van der Waals surface area contributed by atoms with Crippen LogP contribution in [0.1, 0.15) is 5.56 Å². The van der Waals surface area contributed by atoms with Crippen molar-refractivity contribution in [3.8, 4) is 5.75 Å². The van der Waals surface area contributed by atoms with Gasteiger partial charge < -0.3 is 15.8 Å². The maximum atomic E-state index is 12.9. The molecule has 4 nitrogen and oxygen atoms in total. The fourth-order valence-electron chi connectivity index (χ4n) is 1.71. The van der Waals surface area contributed by atoms with Gasteiger partial charge in [-0.1, -0.05) is 12.1 Å². The molecule has 3 N–H and O–H groups in total. The van der Waals surface area contributed by atoms with Crippen LogP contribution in [-0.2, 0) is 4.79 Å². The molecule has 0 saturated carbocycles. The summed E-state index contributed by atoms with van der Waals surface area (Å²) in [6.07, 6.45) is 0. The van der Waals surface area contributed by atoms with Gasteiger partial charge in [-0.25, -0.2) is 4.39 Å². The molecule has 0 atom stereocenters. The number of rotatable bonds is 4. The molecule has 0 bridgehead atoms. The van der Waals surface area contributed by atoms with E-state index >= 15 is 0 Å².